The van der Waals surface area contributed by atoms with Crippen molar-refractivity contribution in [1.82, 2.24) is 10.7 Å². The zero-order chi connectivity index (χ0) is 16.3. The highest BCUT2D eigenvalue weighted by Crippen LogP contribution is 2.19. The van der Waals surface area contributed by atoms with Gasteiger partial charge in [0.25, 0.3) is 0 Å². The minimum Gasteiger partial charge on any atom is -0.383 e. The summed E-state index contributed by atoms with van der Waals surface area (Å²) in [4.78, 5) is 2.47. The summed E-state index contributed by atoms with van der Waals surface area (Å²) < 4.78 is 4.94. The summed E-state index contributed by atoms with van der Waals surface area (Å²) in [5, 5.41) is 7.65. The molecule has 0 aliphatic carbocycles. The molecule has 1 fully saturated rings. The predicted octanol–water partition coefficient (Wildman–Crippen LogP) is 2.51. The molecule has 2 N–H and O–H groups in total. The molecule has 23 heavy (non-hydrogen) atoms. The maximum absolute atomic E-state index is 5.10. The standard InChI is InChI=1S/C17H26N4OS/c1-22-13-10-18-17(23)20-19-14-15-6-8-16(9-7-15)21-11-4-2-3-5-12-21/h6-9,14H,2-5,10-13H2,1H3,(H2,18,20,23)/b19-14-. The third kappa shape index (κ3) is 6.54. The molecule has 6 heteroatoms. The lowest BCUT2D eigenvalue weighted by molar-refractivity contribution is 0.204. The molecule has 0 saturated carbocycles. The van der Waals surface area contributed by atoms with Gasteiger partial charge in [0, 0.05) is 32.4 Å². The number of ether oxygens (including phenoxy) is 1. The van der Waals surface area contributed by atoms with Crippen molar-refractivity contribution in [2.24, 2.45) is 5.10 Å². The second-order valence-electron chi connectivity index (χ2n) is 5.61. The van der Waals surface area contributed by atoms with Crippen molar-refractivity contribution >= 4 is 29.2 Å². The molecule has 0 atom stereocenters. The van der Waals surface area contributed by atoms with E-state index in [9.17, 15) is 0 Å². The topological polar surface area (TPSA) is 48.9 Å². The van der Waals surface area contributed by atoms with Gasteiger partial charge in [-0.15, -0.1) is 0 Å². The minimum absolute atomic E-state index is 0.500. The predicted molar refractivity (Wildman–Crippen MR) is 100 cm³/mol. The Hall–Kier alpha value is -1.66. The Morgan fingerprint density at radius 1 is 1.22 bits per heavy atom. The molecule has 1 aliphatic heterocycles. The fourth-order valence-corrected chi connectivity index (χ4v) is 2.73. The summed E-state index contributed by atoms with van der Waals surface area (Å²) >= 11 is 5.10. The second kappa shape index (κ2) is 10.2. The Bertz CT molecular complexity index is 496. The van der Waals surface area contributed by atoms with E-state index >= 15 is 0 Å². The number of hydrogen-bond donors (Lipinski definition) is 2. The Kier molecular flexibility index (Phi) is 7.83. The van der Waals surface area contributed by atoms with Crippen molar-refractivity contribution < 1.29 is 4.74 Å². The van der Waals surface area contributed by atoms with E-state index in [2.05, 4.69) is 45.0 Å². The van der Waals surface area contributed by atoms with Crippen molar-refractivity contribution in [3.63, 3.8) is 0 Å². The van der Waals surface area contributed by atoms with Crippen LogP contribution in [0, 0.1) is 0 Å². The van der Waals surface area contributed by atoms with Gasteiger partial charge in [0.1, 0.15) is 0 Å². The third-order valence-electron chi connectivity index (χ3n) is 3.84. The zero-order valence-corrected chi connectivity index (χ0v) is 14.6. The number of nitrogens with zero attached hydrogens (tertiary/aromatic N) is 2. The molecule has 1 aromatic carbocycles. The quantitative estimate of drug-likeness (QED) is 0.362. The van der Waals surface area contributed by atoms with Crippen LogP contribution in [0.4, 0.5) is 5.69 Å². The summed E-state index contributed by atoms with van der Waals surface area (Å²) in [7, 11) is 1.66. The monoisotopic (exact) mass is 334 g/mol. The first-order valence-corrected chi connectivity index (χ1v) is 8.61. The summed E-state index contributed by atoms with van der Waals surface area (Å²) in [5.41, 5.74) is 5.15. The third-order valence-corrected chi connectivity index (χ3v) is 4.07. The van der Waals surface area contributed by atoms with Crippen molar-refractivity contribution in [1.29, 1.82) is 0 Å². The Balaban J connectivity index is 1.79. The molecule has 0 radical (unpaired) electrons. The SMILES string of the molecule is COCCNC(=S)N/N=C\c1ccc(N2CCCCCC2)cc1. The van der Waals surface area contributed by atoms with Gasteiger partial charge < -0.3 is 15.0 Å². The minimum atomic E-state index is 0.500. The van der Waals surface area contributed by atoms with E-state index in [-0.39, 0.29) is 0 Å². The second-order valence-corrected chi connectivity index (χ2v) is 6.02. The highest BCUT2D eigenvalue weighted by atomic mass is 32.1. The fraction of sp³-hybridized carbons (Fsp3) is 0.529. The Morgan fingerprint density at radius 3 is 2.57 bits per heavy atom. The summed E-state index contributed by atoms with van der Waals surface area (Å²) in [6.45, 7) is 3.61. The molecule has 0 amide bonds. The first kappa shape index (κ1) is 17.7. The lowest BCUT2D eigenvalue weighted by Crippen LogP contribution is -2.34. The lowest BCUT2D eigenvalue weighted by Gasteiger charge is -2.22. The fourth-order valence-electron chi connectivity index (χ4n) is 2.57. The van der Waals surface area contributed by atoms with Crippen molar-refractivity contribution in [2.45, 2.75) is 25.7 Å². The molecule has 5 nitrogen and oxygen atoms in total. The van der Waals surface area contributed by atoms with Gasteiger partial charge in [0.15, 0.2) is 5.11 Å². The normalized spacial score (nSPS) is 15.4. The number of nitrogens with one attached hydrogen (secondary N) is 2. The maximum Gasteiger partial charge on any atom is 0.187 e. The van der Waals surface area contributed by atoms with Crippen LogP contribution in [0.5, 0.6) is 0 Å². The molecular weight excluding hydrogens is 308 g/mol. The lowest BCUT2D eigenvalue weighted by atomic mass is 10.2. The van der Waals surface area contributed by atoms with Gasteiger partial charge in [0.05, 0.1) is 12.8 Å². The molecule has 1 heterocycles. The van der Waals surface area contributed by atoms with Crippen LogP contribution in [0.15, 0.2) is 29.4 Å². The highest BCUT2D eigenvalue weighted by molar-refractivity contribution is 7.80. The molecule has 2 rings (SSSR count). The average Bonchev–Trinajstić information content (AvgIpc) is 2.85. The van der Waals surface area contributed by atoms with Crippen molar-refractivity contribution in [2.75, 3.05) is 38.3 Å². The van der Waals surface area contributed by atoms with E-state index in [4.69, 9.17) is 17.0 Å². The van der Waals surface area contributed by atoms with Crippen LogP contribution in [0.2, 0.25) is 0 Å². The van der Waals surface area contributed by atoms with Crippen LogP contribution in [-0.2, 0) is 4.74 Å². The highest BCUT2D eigenvalue weighted by Gasteiger charge is 2.09. The van der Waals surface area contributed by atoms with Crippen molar-refractivity contribution in [3.05, 3.63) is 29.8 Å². The van der Waals surface area contributed by atoms with E-state index in [1.54, 1.807) is 13.3 Å². The Labute approximate surface area is 144 Å². The molecular formula is C17H26N4OS. The first-order valence-electron chi connectivity index (χ1n) is 8.20. The van der Waals surface area contributed by atoms with Crippen LogP contribution in [0.1, 0.15) is 31.2 Å². The summed E-state index contributed by atoms with van der Waals surface area (Å²) in [5.74, 6) is 0. The number of thiocarbonyl (C=S) groups is 1. The van der Waals surface area contributed by atoms with Crippen LogP contribution in [-0.4, -0.2) is 44.7 Å². The van der Waals surface area contributed by atoms with Crippen molar-refractivity contribution in [3.8, 4) is 0 Å². The van der Waals surface area contributed by atoms with Crippen LogP contribution in [0.3, 0.4) is 0 Å². The number of benzene rings is 1. The van der Waals surface area contributed by atoms with E-state index in [1.807, 2.05) is 0 Å². The maximum atomic E-state index is 5.10. The smallest absolute Gasteiger partial charge is 0.187 e. The van der Waals surface area contributed by atoms with Crippen LogP contribution in [0.25, 0.3) is 0 Å². The number of anilines is 1. The molecule has 1 saturated heterocycles. The van der Waals surface area contributed by atoms with Gasteiger partial charge >= 0.3 is 0 Å². The molecule has 1 aliphatic rings. The largest absolute Gasteiger partial charge is 0.383 e. The van der Waals surface area contributed by atoms with Crippen LogP contribution < -0.4 is 15.6 Å². The number of methoxy groups -OCH3 is 1. The van der Waals surface area contributed by atoms with E-state index < -0.39 is 0 Å². The number of hydrazone groups is 1. The Morgan fingerprint density at radius 2 is 1.91 bits per heavy atom. The summed E-state index contributed by atoms with van der Waals surface area (Å²) in [6, 6.07) is 8.52. The van der Waals surface area contributed by atoms with Gasteiger partial charge in [-0.2, -0.15) is 5.10 Å². The van der Waals surface area contributed by atoms with E-state index in [0.717, 1.165) is 18.7 Å². The van der Waals surface area contributed by atoms with E-state index in [1.165, 1.54) is 31.4 Å². The van der Waals surface area contributed by atoms with Gasteiger partial charge in [-0.1, -0.05) is 25.0 Å². The first-order chi connectivity index (χ1) is 11.3. The number of hydrogen-bond acceptors (Lipinski definition) is 4. The van der Waals surface area contributed by atoms with Gasteiger partial charge in [-0.25, -0.2) is 0 Å². The number of rotatable bonds is 6. The molecule has 0 spiro atoms. The van der Waals surface area contributed by atoms with Crippen LogP contribution >= 0.6 is 12.2 Å². The van der Waals surface area contributed by atoms with E-state index in [0.29, 0.717) is 18.3 Å². The molecule has 0 unspecified atom stereocenters. The van der Waals surface area contributed by atoms with Gasteiger partial charge in [-0.05, 0) is 42.8 Å². The van der Waals surface area contributed by atoms with Gasteiger partial charge in [-0.3, -0.25) is 5.43 Å². The summed E-state index contributed by atoms with van der Waals surface area (Å²) in [6.07, 6.45) is 7.06. The molecule has 126 valence electrons. The molecule has 1 aromatic rings. The van der Waals surface area contributed by atoms with Gasteiger partial charge in [0.2, 0.25) is 0 Å². The zero-order valence-electron chi connectivity index (χ0n) is 13.8. The molecule has 0 bridgehead atoms. The average molecular weight is 334 g/mol. The molecule has 0 aromatic heterocycles.